The van der Waals surface area contributed by atoms with E-state index in [0.29, 0.717) is 6.54 Å². The predicted molar refractivity (Wildman–Crippen MR) is 76.6 cm³/mol. The van der Waals surface area contributed by atoms with Gasteiger partial charge in [-0.1, -0.05) is 0 Å². The first-order valence-corrected chi connectivity index (χ1v) is 6.52. The number of aryl methyl sites for hydroxylation is 2. The number of amides is 1. The number of nitrogens with zero attached hydrogens (tertiary/aromatic N) is 5. The second-order valence-corrected chi connectivity index (χ2v) is 4.60. The topological polar surface area (TPSA) is 56.0 Å². The van der Waals surface area contributed by atoms with E-state index in [2.05, 4.69) is 10.2 Å². The summed E-state index contributed by atoms with van der Waals surface area (Å²) in [7, 11) is 3.64. The van der Waals surface area contributed by atoms with Crippen LogP contribution in [0.2, 0.25) is 0 Å². The minimum Gasteiger partial charge on any atom is -0.336 e. The van der Waals surface area contributed by atoms with Crippen LogP contribution in [0.4, 0.5) is 0 Å². The van der Waals surface area contributed by atoms with Gasteiger partial charge >= 0.3 is 0 Å². The summed E-state index contributed by atoms with van der Waals surface area (Å²) in [6, 6.07) is 1.90. The Kier molecular flexibility index (Phi) is 4.34. The zero-order valence-electron chi connectivity index (χ0n) is 12.0. The van der Waals surface area contributed by atoms with E-state index in [1.165, 1.54) is 0 Å². The summed E-state index contributed by atoms with van der Waals surface area (Å²) in [5.41, 5.74) is 1.92. The van der Waals surface area contributed by atoms with E-state index in [0.717, 1.165) is 17.8 Å². The predicted octanol–water partition coefficient (Wildman–Crippen LogP) is 1.31. The molecule has 6 heteroatoms. The van der Waals surface area contributed by atoms with Gasteiger partial charge in [0.1, 0.15) is 0 Å². The van der Waals surface area contributed by atoms with Crippen LogP contribution in [0.5, 0.6) is 0 Å². The molecule has 0 aliphatic heterocycles. The summed E-state index contributed by atoms with van der Waals surface area (Å²) in [4.78, 5) is 13.7. The number of likely N-dealkylation sites (N-methyl/N-ethyl adjacent to an activating group) is 1. The highest BCUT2D eigenvalue weighted by molar-refractivity contribution is 5.91. The van der Waals surface area contributed by atoms with Crippen molar-refractivity contribution in [3.63, 3.8) is 0 Å². The van der Waals surface area contributed by atoms with Gasteiger partial charge in [0.05, 0.1) is 18.4 Å². The van der Waals surface area contributed by atoms with Crippen LogP contribution in [-0.2, 0) is 24.9 Å². The summed E-state index contributed by atoms with van der Waals surface area (Å²) in [5, 5.41) is 8.24. The Balaban J connectivity index is 1.95. The van der Waals surface area contributed by atoms with Gasteiger partial charge in [0.25, 0.3) is 0 Å². The molecule has 2 aromatic heterocycles. The maximum atomic E-state index is 12.0. The van der Waals surface area contributed by atoms with E-state index >= 15 is 0 Å². The number of carbonyl (C=O) groups excluding carboxylic acids is 1. The molecule has 0 aliphatic carbocycles. The van der Waals surface area contributed by atoms with Crippen LogP contribution in [-0.4, -0.2) is 37.4 Å². The van der Waals surface area contributed by atoms with Crippen molar-refractivity contribution in [2.24, 2.45) is 7.05 Å². The maximum Gasteiger partial charge on any atom is 0.246 e. The number of aromatic nitrogens is 4. The van der Waals surface area contributed by atoms with Gasteiger partial charge in [0.15, 0.2) is 0 Å². The van der Waals surface area contributed by atoms with E-state index in [1.54, 1.807) is 41.2 Å². The second kappa shape index (κ2) is 6.18. The van der Waals surface area contributed by atoms with Crippen LogP contribution < -0.4 is 0 Å². The molecule has 0 spiro atoms. The summed E-state index contributed by atoms with van der Waals surface area (Å²) in [6.45, 7) is 3.38. The Hall–Kier alpha value is -2.37. The number of hydrogen-bond donors (Lipinski definition) is 0. The Morgan fingerprint density at radius 2 is 2.25 bits per heavy atom. The molecular weight excluding hydrogens is 254 g/mol. The van der Waals surface area contributed by atoms with Gasteiger partial charge in [-0.25, -0.2) is 0 Å². The number of carbonyl (C=O) groups is 1. The van der Waals surface area contributed by atoms with Crippen LogP contribution in [0, 0.1) is 0 Å². The van der Waals surface area contributed by atoms with E-state index in [-0.39, 0.29) is 5.91 Å². The molecule has 0 N–H and O–H groups in total. The van der Waals surface area contributed by atoms with Crippen molar-refractivity contribution in [2.75, 3.05) is 7.05 Å². The smallest absolute Gasteiger partial charge is 0.246 e. The molecule has 0 saturated carbocycles. The molecule has 0 unspecified atom stereocenters. The molecular formula is C14H19N5O. The van der Waals surface area contributed by atoms with Crippen LogP contribution in [0.15, 0.2) is 30.7 Å². The van der Waals surface area contributed by atoms with Gasteiger partial charge in [-0.15, -0.1) is 0 Å². The standard InChI is InChI=1S/C14H19N5O/c1-4-19-10-12(9-16-19)5-6-14(20)17(2)11-13-7-8-15-18(13)3/h5-10H,4,11H2,1-3H3/b6-5+. The lowest BCUT2D eigenvalue weighted by Crippen LogP contribution is -2.25. The van der Waals surface area contributed by atoms with E-state index < -0.39 is 0 Å². The van der Waals surface area contributed by atoms with Crippen LogP contribution in [0.1, 0.15) is 18.2 Å². The first-order chi connectivity index (χ1) is 9.60. The van der Waals surface area contributed by atoms with E-state index in [9.17, 15) is 4.79 Å². The van der Waals surface area contributed by atoms with Crippen molar-refractivity contribution in [2.45, 2.75) is 20.0 Å². The molecule has 2 aromatic rings. The van der Waals surface area contributed by atoms with Gasteiger partial charge in [-0.05, 0) is 19.1 Å². The summed E-state index contributed by atoms with van der Waals surface area (Å²) in [6.07, 6.45) is 8.72. The van der Waals surface area contributed by atoms with Crippen LogP contribution in [0.3, 0.4) is 0 Å². The van der Waals surface area contributed by atoms with Gasteiger partial charge in [-0.2, -0.15) is 10.2 Å². The minimum atomic E-state index is -0.0459. The fraction of sp³-hybridized carbons (Fsp3) is 0.357. The lowest BCUT2D eigenvalue weighted by Gasteiger charge is -2.14. The summed E-state index contributed by atoms with van der Waals surface area (Å²) < 4.78 is 3.59. The molecule has 2 rings (SSSR count). The zero-order valence-corrected chi connectivity index (χ0v) is 12.0. The van der Waals surface area contributed by atoms with Crippen molar-refractivity contribution in [3.8, 4) is 0 Å². The van der Waals surface area contributed by atoms with E-state index in [1.807, 2.05) is 30.9 Å². The van der Waals surface area contributed by atoms with Crippen molar-refractivity contribution < 1.29 is 4.79 Å². The third-order valence-electron chi connectivity index (χ3n) is 3.09. The molecule has 2 heterocycles. The number of rotatable bonds is 5. The highest BCUT2D eigenvalue weighted by Gasteiger charge is 2.08. The van der Waals surface area contributed by atoms with Gasteiger partial charge in [-0.3, -0.25) is 14.2 Å². The molecule has 0 bridgehead atoms. The molecule has 0 fully saturated rings. The summed E-state index contributed by atoms with van der Waals surface area (Å²) >= 11 is 0. The Labute approximate surface area is 118 Å². The molecule has 106 valence electrons. The summed E-state index contributed by atoms with van der Waals surface area (Å²) in [5.74, 6) is -0.0459. The second-order valence-electron chi connectivity index (χ2n) is 4.60. The lowest BCUT2D eigenvalue weighted by molar-refractivity contribution is -0.125. The van der Waals surface area contributed by atoms with Crippen molar-refractivity contribution >= 4 is 12.0 Å². The Morgan fingerprint density at radius 3 is 2.85 bits per heavy atom. The zero-order chi connectivity index (χ0) is 14.5. The first kappa shape index (κ1) is 14.0. The van der Waals surface area contributed by atoms with Crippen molar-refractivity contribution in [1.29, 1.82) is 0 Å². The minimum absolute atomic E-state index is 0.0459. The monoisotopic (exact) mass is 273 g/mol. The molecule has 0 atom stereocenters. The van der Waals surface area contributed by atoms with Gasteiger partial charge in [0, 0.05) is 44.7 Å². The van der Waals surface area contributed by atoms with E-state index in [4.69, 9.17) is 0 Å². The highest BCUT2D eigenvalue weighted by atomic mass is 16.2. The highest BCUT2D eigenvalue weighted by Crippen LogP contribution is 2.04. The van der Waals surface area contributed by atoms with Gasteiger partial charge < -0.3 is 4.90 Å². The molecule has 0 aliphatic rings. The average Bonchev–Trinajstić information content (AvgIpc) is 3.05. The quantitative estimate of drug-likeness (QED) is 0.772. The van der Waals surface area contributed by atoms with Crippen molar-refractivity contribution in [3.05, 3.63) is 42.0 Å². The SMILES string of the molecule is CCn1cc(/C=C/C(=O)N(C)Cc2ccnn2C)cn1. The Bertz CT molecular complexity index is 611. The molecule has 6 nitrogen and oxygen atoms in total. The third-order valence-corrected chi connectivity index (χ3v) is 3.09. The first-order valence-electron chi connectivity index (χ1n) is 6.52. The maximum absolute atomic E-state index is 12.0. The molecule has 1 amide bonds. The number of hydrogen-bond acceptors (Lipinski definition) is 3. The Morgan fingerprint density at radius 1 is 1.45 bits per heavy atom. The van der Waals surface area contributed by atoms with Crippen LogP contribution in [0.25, 0.3) is 6.08 Å². The van der Waals surface area contributed by atoms with Gasteiger partial charge in [0.2, 0.25) is 5.91 Å². The molecule has 20 heavy (non-hydrogen) atoms. The fourth-order valence-electron chi connectivity index (χ4n) is 1.81. The molecule has 0 saturated heterocycles. The fourth-order valence-corrected chi connectivity index (χ4v) is 1.81. The largest absolute Gasteiger partial charge is 0.336 e. The average molecular weight is 273 g/mol. The normalized spacial score (nSPS) is 11.2. The van der Waals surface area contributed by atoms with Crippen LogP contribution >= 0.6 is 0 Å². The lowest BCUT2D eigenvalue weighted by atomic mass is 10.3. The molecule has 0 radical (unpaired) electrons. The van der Waals surface area contributed by atoms with Crippen molar-refractivity contribution in [1.82, 2.24) is 24.5 Å². The molecule has 0 aromatic carbocycles. The third kappa shape index (κ3) is 3.34.